The Kier molecular flexibility index (Phi) is 5.84. The third-order valence-corrected chi connectivity index (χ3v) is 3.51. The Morgan fingerprint density at radius 3 is 2.24 bits per heavy atom. The quantitative estimate of drug-likeness (QED) is 0.376. The lowest BCUT2D eigenvalue weighted by molar-refractivity contribution is -0.384. The first-order valence-electron chi connectivity index (χ1n) is 7.64. The van der Waals surface area contributed by atoms with Crippen LogP contribution in [0, 0.1) is 17.0 Å². The zero-order valence-corrected chi connectivity index (χ0v) is 13.9. The standard InChI is InChI=1S/C18H18N2O5/c1-12-3-5-14(6-4-12)17(19-13(2)21)11-18(22)25-16-9-7-15(8-10-16)20(23)24/h3-10,17H,11H2,1-2H3,(H,19,21)/t17-/m0/s1. The summed E-state index contributed by atoms with van der Waals surface area (Å²) < 4.78 is 5.19. The van der Waals surface area contributed by atoms with Gasteiger partial charge in [-0.1, -0.05) is 29.8 Å². The minimum Gasteiger partial charge on any atom is -0.426 e. The summed E-state index contributed by atoms with van der Waals surface area (Å²) >= 11 is 0. The smallest absolute Gasteiger partial charge is 0.313 e. The average Bonchev–Trinajstić information content (AvgIpc) is 2.55. The van der Waals surface area contributed by atoms with E-state index in [0.717, 1.165) is 11.1 Å². The number of ether oxygens (including phenoxy) is 1. The van der Waals surface area contributed by atoms with Gasteiger partial charge in [-0.2, -0.15) is 0 Å². The number of nitro benzene ring substituents is 1. The number of hydrogen-bond acceptors (Lipinski definition) is 5. The molecule has 1 atom stereocenters. The van der Waals surface area contributed by atoms with E-state index in [1.54, 1.807) is 0 Å². The number of aryl methyl sites for hydroxylation is 1. The summed E-state index contributed by atoms with van der Waals surface area (Å²) in [4.78, 5) is 33.7. The molecule has 1 N–H and O–H groups in total. The van der Waals surface area contributed by atoms with Crippen LogP contribution < -0.4 is 10.1 Å². The lowest BCUT2D eigenvalue weighted by atomic mass is 10.0. The van der Waals surface area contributed by atoms with Gasteiger partial charge in [0.2, 0.25) is 5.91 Å². The molecule has 0 spiro atoms. The number of nitrogens with zero attached hydrogens (tertiary/aromatic N) is 1. The van der Waals surface area contributed by atoms with Crippen LogP contribution in [-0.4, -0.2) is 16.8 Å². The summed E-state index contributed by atoms with van der Waals surface area (Å²) in [6.45, 7) is 3.32. The molecule has 7 nitrogen and oxygen atoms in total. The molecule has 0 aliphatic heterocycles. The summed E-state index contributed by atoms with van der Waals surface area (Å²) in [6, 6.07) is 12.2. The summed E-state index contributed by atoms with van der Waals surface area (Å²) in [5, 5.41) is 13.3. The van der Waals surface area contributed by atoms with Crippen LogP contribution in [0.25, 0.3) is 0 Å². The molecule has 0 radical (unpaired) electrons. The number of esters is 1. The minimum atomic E-state index is -0.548. The monoisotopic (exact) mass is 342 g/mol. The number of benzene rings is 2. The van der Waals surface area contributed by atoms with Crippen LogP contribution in [0.15, 0.2) is 48.5 Å². The van der Waals surface area contributed by atoms with Crippen LogP contribution in [0.4, 0.5) is 5.69 Å². The second-order valence-corrected chi connectivity index (χ2v) is 5.59. The van der Waals surface area contributed by atoms with Crippen LogP contribution in [0.1, 0.15) is 30.5 Å². The van der Waals surface area contributed by atoms with Crippen molar-refractivity contribution < 1.29 is 19.2 Å². The fourth-order valence-electron chi connectivity index (χ4n) is 2.27. The lowest BCUT2D eigenvalue weighted by Gasteiger charge is -2.17. The van der Waals surface area contributed by atoms with Crippen LogP contribution in [0.2, 0.25) is 0 Å². The molecule has 0 saturated carbocycles. The Morgan fingerprint density at radius 2 is 1.72 bits per heavy atom. The van der Waals surface area contributed by atoms with Gasteiger partial charge in [-0.3, -0.25) is 19.7 Å². The van der Waals surface area contributed by atoms with E-state index in [-0.39, 0.29) is 23.8 Å². The topological polar surface area (TPSA) is 98.5 Å². The van der Waals surface area contributed by atoms with Gasteiger partial charge in [0, 0.05) is 19.1 Å². The van der Waals surface area contributed by atoms with E-state index in [1.807, 2.05) is 31.2 Å². The number of rotatable bonds is 6. The second kappa shape index (κ2) is 8.05. The first kappa shape index (κ1) is 18.1. The highest BCUT2D eigenvalue weighted by molar-refractivity contribution is 5.77. The molecule has 130 valence electrons. The number of amides is 1. The van der Waals surface area contributed by atoms with Gasteiger partial charge in [0.05, 0.1) is 17.4 Å². The van der Waals surface area contributed by atoms with Crippen LogP contribution >= 0.6 is 0 Å². The molecule has 0 fully saturated rings. The van der Waals surface area contributed by atoms with E-state index in [1.165, 1.54) is 31.2 Å². The molecule has 1 amide bonds. The Balaban J connectivity index is 2.07. The van der Waals surface area contributed by atoms with E-state index in [2.05, 4.69) is 5.32 Å². The van der Waals surface area contributed by atoms with Gasteiger partial charge in [-0.15, -0.1) is 0 Å². The molecule has 0 aliphatic rings. The molecule has 0 aliphatic carbocycles. The molecule has 2 rings (SSSR count). The van der Waals surface area contributed by atoms with Crippen LogP contribution in [0.5, 0.6) is 5.75 Å². The van der Waals surface area contributed by atoms with E-state index in [0.29, 0.717) is 0 Å². The molecule has 0 heterocycles. The predicted octanol–water partition coefficient (Wildman–Crippen LogP) is 3.08. The number of nitro groups is 1. The number of non-ortho nitro benzene ring substituents is 1. The van der Waals surface area contributed by atoms with E-state index in [4.69, 9.17) is 4.74 Å². The molecule has 0 unspecified atom stereocenters. The van der Waals surface area contributed by atoms with Gasteiger partial charge in [0.1, 0.15) is 5.75 Å². The lowest BCUT2D eigenvalue weighted by Crippen LogP contribution is -2.29. The van der Waals surface area contributed by atoms with Crippen molar-refractivity contribution in [3.8, 4) is 5.75 Å². The van der Waals surface area contributed by atoms with Gasteiger partial charge in [-0.05, 0) is 24.6 Å². The van der Waals surface area contributed by atoms with E-state index in [9.17, 15) is 19.7 Å². The fourth-order valence-corrected chi connectivity index (χ4v) is 2.27. The largest absolute Gasteiger partial charge is 0.426 e. The maximum absolute atomic E-state index is 12.2. The first-order chi connectivity index (χ1) is 11.8. The molecule has 0 aromatic heterocycles. The van der Waals surface area contributed by atoms with Gasteiger partial charge in [-0.25, -0.2) is 0 Å². The first-order valence-corrected chi connectivity index (χ1v) is 7.64. The Bertz CT molecular complexity index is 769. The number of carbonyl (C=O) groups is 2. The molecule has 25 heavy (non-hydrogen) atoms. The third kappa shape index (κ3) is 5.42. The van der Waals surface area contributed by atoms with Crippen molar-refractivity contribution in [1.82, 2.24) is 5.32 Å². The molecule has 0 bridgehead atoms. The second-order valence-electron chi connectivity index (χ2n) is 5.59. The number of hydrogen-bond donors (Lipinski definition) is 1. The van der Waals surface area contributed by atoms with E-state index >= 15 is 0 Å². The molecule has 2 aromatic carbocycles. The molecule has 0 saturated heterocycles. The van der Waals surface area contributed by atoms with Crippen molar-refractivity contribution in [2.75, 3.05) is 0 Å². The van der Waals surface area contributed by atoms with Crippen molar-refractivity contribution in [2.45, 2.75) is 26.3 Å². The summed E-state index contributed by atoms with van der Waals surface area (Å²) in [6.07, 6.45) is -0.0559. The van der Waals surface area contributed by atoms with Crippen molar-refractivity contribution in [3.05, 3.63) is 69.8 Å². The maximum atomic E-state index is 12.2. The van der Waals surface area contributed by atoms with Gasteiger partial charge in [0.25, 0.3) is 5.69 Å². The van der Waals surface area contributed by atoms with Gasteiger partial charge in [0.15, 0.2) is 0 Å². The third-order valence-electron chi connectivity index (χ3n) is 3.51. The summed E-state index contributed by atoms with van der Waals surface area (Å²) in [5.41, 5.74) is 1.77. The number of nitrogens with one attached hydrogen (secondary N) is 1. The molecular weight excluding hydrogens is 324 g/mol. The minimum absolute atomic E-state index is 0.0559. The van der Waals surface area contributed by atoms with Gasteiger partial charge < -0.3 is 10.1 Å². The SMILES string of the molecule is CC(=O)N[C@@H](CC(=O)Oc1ccc([N+](=O)[O-])cc1)c1ccc(C)cc1. The van der Waals surface area contributed by atoms with Gasteiger partial charge >= 0.3 is 5.97 Å². The summed E-state index contributed by atoms with van der Waals surface area (Å²) in [5.74, 6) is -0.594. The van der Waals surface area contributed by atoms with Crippen molar-refractivity contribution >= 4 is 17.6 Å². The Hall–Kier alpha value is -3.22. The number of carbonyl (C=O) groups excluding carboxylic acids is 2. The van der Waals surface area contributed by atoms with E-state index < -0.39 is 16.9 Å². The van der Waals surface area contributed by atoms with Crippen molar-refractivity contribution in [3.63, 3.8) is 0 Å². The Morgan fingerprint density at radius 1 is 1.12 bits per heavy atom. The van der Waals surface area contributed by atoms with Crippen LogP contribution in [-0.2, 0) is 9.59 Å². The zero-order chi connectivity index (χ0) is 18.4. The summed E-state index contributed by atoms with van der Waals surface area (Å²) in [7, 11) is 0. The molecule has 7 heteroatoms. The average molecular weight is 342 g/mol. The highest BCUT2D eigenvalue weighted by Gasteiger charge is 2.19. The highest BCUT2D eigenvalue weighted by Crippen LogP contribution is 2.21. The fraction of sp³-hybridized carbons (Fsp3) is 0.222. The molecule has 2 aromatic rings. The van der Waals surface area contributed by atoms with Crippen molar-refractivity contribution in [2.24, 2.45) is 0 Å². The Labute approximate surface area is 144 Å². The maximum Gasteiger partial charge on any atom is 0.313 e. The van der Waals surface area contributed by atoms with Crippen LogP contribution in [0.3, 0.4) is 0 Å². The predicted molar refractivity (Wildman–Crippen MR) is 91.1 cm³/mol. The highest BCUT2D eigenvalue weighted by atomic mass is 16.6. The normalized spacial score (nSPS) is 11.4. The zero-order valence-electron chi connectivity index (χ0n) is 13.9. The van der Waals surface area contributed by atoms with Crippen molar-refractivity contribution in [1.29, 1.82) is 0 Å². The molecular formula is C18H18N2O5.